The number of aliphatic hydroxyl groups is 1. The lowest BCUT2D eigenvalue weighted by Crippen LogP contribution is -2.66. The Bertz CT molecular complexity index is 208. The maximum atomic E-state index is 11.3. The Morgan fingerprint density at radius 2 is 2.38 bits per heavy atom. The predicted molar refractivity (Wildman–Crippen MR) is 51.5 cm³/mol. The molecule has 0 unspecified atom stereocenters. The molecule has 1 spiro atoms. The Hall–Kier alpha value is -0.260. The minimum absolute atomic E-state index is 0.0388. The van der Waals surface area contributed by atoms with Gasteiger partial charge in [0.15, 0.2) is 0 Å². The molecule has 2 aliphatic rings. The van der Waals surface area contributed by atoms with Crippen LogP contribution in [0.4, 0.5) is 0 Å². The molecule has 0 aromatic heterocycles. The number of carbonyl (C=O) groups excluding carboxylic acids is 1. The first-order valence-corrected chi connectivity index (χ1v) is 5.52. The smallest absolute Gasteiger partial charge is 0.225 e. The molecular formula is C8H14N2O2S. The lowest BCUT2D eigenvalue weighted by atomic mass is 10.1. The molecule has 0 aliphatic carbocycles. The van der Waals surface area contributed by atoms with Crippen LogP contribution in [-0.4, -0.2) is 52.8 Å². The van der Waals surface area contributed by atoms with E-state index in [0.29, 0.717) is 0 Å². The van der Waals surface area contributed by atoms with Gasteiger partial charge in [-0.3, -0.25) is 10.1 Å². The predicted octanol–water partition coefficient (Wildman–Crippen LogP) is -0.756. The third kappa shape index (κ3) is 1.68. The van der Waals surface area contributed by atoms with E-state index in [0.717, 1.165) is 25.4 Å². The molecule has 2 heterocycles. The number of likely N-dealkylation sites (tertiary alicyclic amines) is 1. The van der Waals surface area contributed by atoms with Gasteiger partial charge in [0.25, 0.3) is 0 Å². The molecule has 2 aliphatic heterocycles. The van der Waals surface area contributed by atoms with E-state index >= 15 is 0 Å². The highest BCUT2D eigenvalue weighted by Gasteiger charge is 2.47. The molecule has 0 aromatic carbocycles. The summed E-state index contributed by atoms with van der Waals surface area (Å²) in [7, 11) is 0. The van der Waals surface area contributed by atoms with Crippen molar-refractivity contribution in [2.45, 2.75) is 11.3 Å². The minimum Gasteiger partial charge on any atom is -0.396 e. The van der Waals surface area contributed by atoms with Crippen molar-refractivity contribution in [3.63, 3.8) is 0 Å². The Kier molecular flexibility index (Phi) is 2.49. The van der Waals surface area contributed by atoms with Gasteiger partial charge in [-0.2, -0.15) is 0 Å². The van der Waals surface area contributed by atoms with Gasteiger partial charge in [-0.25, -0.2) is 0 Å². The first kappa shape index (κ1) is 9.30. The first-order chi connectivity index (χ1) is 6.26. The van der Waals surface area contributed by atoms with Gasteiger partial charge in [-0.1, -0.05) is 0 Å². The number of hydrogen-bond acceptors (Lipinski definition) is 4. The lowest BCUT2D eigenvalue weighted by molar-refractivity contribution is -0.137. The van der Waals surface area contributed by atoms with Crippen molar-refractivity contribution in [1.29, 1.82) is 0 Å². The van der Waals surface area contributed by atoms with Gasteiger partial charge in [0.05, 0.1) is 19.7 Å². The summed E-state index contributed by atoms with van der Waals surface area (Å²) in [5.74, 6) is 1.21. The number of nitrogens with zero attached hydrogens (tertiary/aromatic N) is 1. The molecule has 0 radical (unpaired) electrons. The van der Waals surface area contributed by atoms with E-state index in [1.165, 1.54) is 0 Å². The summed E-state index contributed by atoms with van der Waals surface area (Å²) in [6, 6.07) is 0. The third-order valence-electron chi connectivity index (χ3n) is 2.50. The average Bonchev–Trinajstić information content (AvgIpc) is 2.49. The van der Waals surface area contributed by atoms with Gasteiger partial charge in [0.1, 0.15) is 4.87 Å². The minimum atomic E-state index is -0.0388. The molecule has 5 heteroatoms. The molecule has 2 saturated heterocycles. The number of nitrogens with one attached hydrogen (secondary N) is 1. The summed E-state index contributed by atoms with van der Waals surface area (Å²) in [5.41, 5.74) is 0. The fourth-order valence-corrected chi connectivity index (χ4v) is 3.07. The molecule has 2 N–H and O–H groups in total. The summed E-state index contributed by atoms with van der Waals surface area (Å²) >= 11 is 1.90. The van der Waals surface area contributed by atoms with Gasteiger partial charge in [0.2, 0.25) is 5.91 Å². The maximum absolute atomic E-state index is 11.3. The second-order valence-corrected chi connectivity index (χ2v) is 4.97. The summed E-state index contributed by atoms with van der Waals surface area (Å²) in [6.45, 7) is 2.61. The normalized spacial score (nSPS) is 24.8. The van der Waals surface area contributed by atoms with E-state index in [1.54, 1.807) is 0 Å². The molecule has 74 valence electrons. The molecule has 2 rings (SSSR count). The van der Waals surface area contributed by atoms with Crippen LogP contribution in [-0.2, 0) is 4.79 Å². The molecular weight excluding hydrogens is 188 g/mol. The average molecular weight is 202 g/mol. The quantitative estimate of drug-likeness (QED) is 0.618. The number of carbonyl (C=O) groups is 1. The molecule has 13 heavy (non-hydrogen) atoms. The molecule has 0 saturated carbocycles. The van der Waals surface area contributed by atoms with E-state index < -0.39 is 0 Å². The van der Waals surface area contributed by atoms with Gasteiger partial charge >= 0.3 is 0 Å². The van der Waals surface area contributed by atoms with Crippen molar-refractivity contribution in [1.82, 2.24) is 10.2 Å². The highest BCUT2D eigenvalue weighted by atomic mass is 32.2. The standard InChI is InChI=1S/C8H14N2O2S/c11-3-1-7(12)10-5-8(6-10)9-2-4-13-8/h9,11H,1-6H2. The van der Waals surface area contributed by atoms with Crippen LogP contribution in [0.25, 0.3) is 0 Å². The van der Waals surface area contributed by atoms with Crippen molar-refractivity contribution < 1.29 is 9.90 Å². The zero-order valence-corrected chi connectivity index (χ0v) is 8.27. The largest absolute Gasteiger partial charge is 0.396 e. The highest BCUT2D eigenvalue weighted by molar-refractivity contribution is 8.01. The van der Waals surface area contributed by atoms with Crippen LogP contribution in [0.3, 0.4) is 0 Å². The molecule has 2 fully saturated rings. The van der Waals surface area contributed by atoms with Gasteiger partial charge < -0.3 is 10.0 Å². The lowest BCUT2D eigenvalue weighted by Gasteiger charge is -2.47. The fourth-order valence-electron chi connectivity index (χ4n) is 1.78. The number of thioether (sulfide) groups is 1. The zero-order valence-electron chi connectivity index (χ0n) is 7.45. The fraction of sp³-hybridized carbons (Fsp3) is 0.875. The topological polar surface area (TPSA) is 52.6 Å². The second kappa shape index (κ2) is 3.48. The van der Waals surface area contributed by atoms with Gasteiger partial charge in [-0.05, 0) is 0 Å². The number of aliphatic hydroxyl groups excluding tert-OH is 1. The molecule has 0 atom stereocenters. The van der Waals surface area contributed by atoms with E-state index in [9.17, 15) is 4.79 Å². The molecule has 0 aromatic rings. The van der Waals surface area contributed by atoms with Gasteiger partial charge in [0, 0.05) is 18.7 Å². The Balaban J connectivity index is 1.80. The number of hydrogen-bond donors (Lipinski definition) is 2. The van der Waals surface area contributed by atoms with E-state index in [4.69, 9.17) is 5.11 Å². The van der Waals surface area contributed by atoms with Crippen molar-refractivity contribution in [2.75, 3.05) is 32.0 Å². The van der Waals surface area contributed by atoms with E-state index in [-0.39, 0.29) is 23.8 Å². The molecule has 4 nitrogen and oxygen atoms in total. The van der Waals surface area contributed by atoms with Crippen molar-refractivity contribution in [3.8, 4) is 0 Å². The summed E-state index contributed by atoms with van der Waals surface area (Å²) in [6.07, 6.45) is 0.265. The third-order valence-corrected chi connectivity index (χ3v) is 3.86. The monoisotopic (exact) mass is 202 g/mol. The van der Waals surface area contributed by atoms with Crippen LogP contribution in [0.5, 0.6) is 0 Å². The number of rotatable bonds is 2. The summed E-state index contributed by atoms with van der Waals surface area (Å²) in [5, 5.41) is 12.0. The van der Waals surface area contributed by atoms with E-state index in [1.807, 2.05) is 16.7 Å². The Labute approximate surface area is 81.7 Å². The zero-order chi connectivity index (χ0) is 9.31. The maximum Gasteiger partial charge on any atom is 0.225 e. The van der Waals surface area contributed by atoms with Crippen LogP contribution >= 0.6 is 11.8 Å². The number of amides is 1. The molecule has 0 bridgehead atoms. The van der Waals surface area contributed by atoms with Crippen molar-refractivity contribution >= 4 is 17.7 Å². The van der Waals surface area contributed by atoms with Crippen LogP contribution < -0.4 is 5.32 Å². The van der Waals surface area contributed by atoms with Crippen molar-refractivity contribution in [3.05, 3.63) is 0 Å². The van der Waals surface area contributed by atoms with Crippen LogP contribution in [0, 0.1) is 0 Å². The van der Waals surface area contributed by atoms with Crippen molar-refractivity contribution in [2.24, 2.45) is 0 Å². The van der Waals surface area contributed by atoms with Crippen LogP contribution in [0.15, 0.2) is 0 Å². The first-order valence-electron chi connectivity index (χ1n) is 4.53. The SMILES string of the molecule is O=C(CCO)N1CC2(C1)NCCS2. The van der Waals surface area contributed by atoms with Crippen LogP contribution in [0.1, 0.15) is 6.42 Å². The molecule has 1 amide bonds. The Morgan fingerprint density at radius 3 is 2.92 bits per heavy atom. The van der Waals surface area contributed by atoms with Crippen LogP contribution in [0.2, 0.25) is 0 Å². The highest BCUT2D eigenvalue weighted by Crippen LogP contribution is 2.36. The van der Waals surface area contributed by atoms with Gasteiger partial charge in [-0.15, -0.1) is 11.8 Å². The summed E-state index contributed by atoms with van der Waals surface area (Å²) in [4.78, 5) is 13.3. The van der Waals surface area contributed by atoms with E-state index in [2.05, 4.69) is 5.32 Å². The summed E-state index contributed by atoms with van der Waals surface area (Å²) < 4.78 is 0. The Morgan fingerprint density at radius 1 is 1.62 bits per heavy atom. The second-order valence-electron chi connectivity index (χ2n) is 3.49.